The Labute approximate surface area is 181 Å². The van der Waals surface area contributed by atoms with Crippen LogP contribution in [0.2, 0.25) is 0 Å². The van der Waals surface area contributed by atoms with Crippen molar-refractivity contribution in [2.45, 2.75) is 37.8 Å². The summed E-state index contributed by atoms with van der Waals surface area (Å²) in [6.07, 6.45) is 5.27. The number of piperidine rings is 1. The number of alkyl halides is 1. The minimum absolute atomic E-state index is 0.0116. The lowest BCUT2D eigenvalue weighted by Gasteiger charge is -2.45. The van der Waals surface area contributed by atoms with E-state index in [0.717, 1.165) is 42.4 Å². The molecule has 2 fully saturated rings. The summed E-state index contributed by atoms with van der Waals surface area (Å²) in [5.74, 6) is -0.0861. The van der Waals surface area contributed by atoms with Gasteiger partial charge in [0.2, 0.25) is 5.91 Å². The van der Waals surface area contributed by atoms with Crippen LogP contribution in [0.5, 0.6) is 0 Å². The van der Waals surface area contributed by atoms with E-state index in [9.17, 15) is 4.79 Å². The highest BCUT2D eigenvalue weighted by Crippen LogP contribution is 2.23. The molecule has 30 heavy (non-hydrogen) atoms. The molecular formula is C20H29ClN8O. The monoisotopic (exact) mass is 432 g/mol. The lowest BCUT2D eigenvalue weighted by atomic mass is 10.1. The van der Waals surface area contributed by atoms with Gasteiger partial charge in [-0.25, -0.2) is 0 Å². The van der Waals surface area contributed by atoms with Crippen molar-refractivity contribution in [2.24, 2.45) is 0 Å². The predicted octanol–water partition coefficient (Wildman–Crippen LogP) is 0.319. The van der Waals surface area contributed by atoms with Crippen LogP contribution < -0.4 is 31.9 Å². The molecule has 0 bridgehead atoms. The molecule has 0 aliphatic carbocycles. The first kappa shape index (κ1) is 21.2. The van der Waals surface area contributed by atoms with Crippen LogP contribution in [-0.2, 0) is 4.79 Å². The van der Waals surface area contributed by atoms with Gasteiger partial charge in [-0.1, -0.05) is 12.1 Å². The van der Waals surface area contributed by atoms with Gasteiger partial charge in [0.1, 0.15) is 24.7 Å². The average Bonchev–Trinajstić information content (AvgIpc) is 2.79. The van der Waals surface area contributed by atoms with Crippen LogP contribution in [0.25, 0.3) is 10.8 Å². The Balaban J connectivity index is 1.40. The highest BCUT2D eigenvalue weighted by molar-refractivity contribution is 6.27. The number of likely N-dealkylation sites (tertiary alicyclic amines) is 1. The number of rotatable bonds is 6. The summed E-state index contributed by atoms with van der Waals surface area (Å²) in [7, 11) is 1.92. The van der Waals surface area contributed by atoms with Crippen molar-refractivity contribution in [3.8, 4) is 0 Å². The molecule has 4 rings (SSSR count). The molecule has 162 valence electrons. The maximum Gasteiger partial charge on any atom is 0.235 e. The molecule has 2 aliphatic heterocycles. The number of carbonyl (C=O) groups is 1. The first-order chi connectivity index (χ1) is 14.7. The third-order valence-electron chi connectivity index (χ3n) is 5.63. The van der Waals surface area contributed by atoms with Gasteiger partial charge in [-0.05, 0) is 32.0 Å². The Bertz CT molecular complexity index is 854. The molecule has 10 heteroatoms. The normalized spacial score (nSPS) is 25.9. The van der Waals surface area contributed by atoms with E-state index in [-0.39, 0.29) is 36.7 Å². The van der Waals surface area contributed by atoms with Crippen LogP contribution in [0.15, 0.2) is 36.7 Å². The zero-order valence-electron chi connectivity index (χ0n) is 17.0. The van der Waals surface area contributed by atoms with Gasteiger partial charge in [-0.15, -0.1) is 11.6 Å². The molecule has 1 aromatic heterocycles. The summed E-state index contributed by atoms with van der Waals surface area (Å²) >= 11 is 5.61. The standard InChI is InChI=1S/C20H29ClN8O/c1-22-18-26-19(25-16-4-2-3-13-12-23-8-5-15(13)16)28-20(27-18)29-9-6-14(7-10-29)24-17(30)11-21/h2-5,8,12,14,18-20,22,25-28H,6-7,9-11H2,1H3,(H,24,30). The highest BCUT2D eigenvalue weighted by atomic mass is 35.5. The van der Waals surface area contributed by atoms with Crippen molar-refractivity contribution >= 4 is 34.0 Å². The number of aromatic nitrogens is 1. The largest absolute Gasteiger partial charge is 0.357 e. The zero-order valence-corrected chi connectivity index (χ0v) is 17.7. The number of fused-ring (bicyclic) bond motifs is 1. The summed E-state index contributed by atoms with van der Waals surface area (Å²) in [4.78, 5) is 18.1. The van der Waals surface area contributed by atoms with Crippen molar-refractivity contribution in [1.29, 1.82) is 0 Å². The first-order valence-corrected chi connectivity index (χ1v) is 10.8. The Hall–Kier alpha value is -2.01. The molecule has 2 aromatic rings. The van der Waals surface area contributed by atoms with Crippen LogP contribution in [0.3, 0.4) is 0 Å². The van der Waals surface area contributed by atoms with Crippen LogP contribution in [0.4, 0.5) is 5.69 Å². The zero-order chi connectivity index (χ0) is 20.9. The molecular weight excluding hydrogens is 404 g/mol. The molecule has 3 unspecified atom stereocenters. The van der Waals surface area contributed by atoms with Gasteiger partial charge in [-0.3, -0.25) is 35.9 Å². The SMILES string of the molecule is CNC1NC(Nc2cccc3cnccc23)NC(N2CCC(NC(=O)CCl)CC2)N1. The summed E-state index contributed by atoms with van der Waals surface area (Å²) < 4.78 is 0. The second kappa shape index (κ2) is 9.86. The first-order valence-electron chi connectivity index (χ1n) is 10.3. The second-order valence-electron chi connectivity index (χ2n) is 7.62. The van der Waals surface area contributed by atoms with Crippen LogP contribution in [0.1, 0.15) is 12.8 Å². The molecule has 3 atom stereocenters. The maximum absolute atomic E-state index is 11.5. The Morgan fingerprint density at radius 2 is 2.00 bits per heavy atom. The third-order valence-corrected chi connectivity index (χ3v) is 5.88. The Morgan fingerprint density at radius 1 is 1.20 bits per heavy atom. The number of carbonyl (C=O) groups excluding carboxylic acids is 1. The fourth-order valence-corrected chi connectivity index (χ4v) is 4.14. The molecule has 3 heterocycles. The van der Waals surface area contributed by atoms with Crippen molar-refractivity contribution in [2.75, 3.05) is 31.3 Å². The molecule has 1 aromatic carbocycles. The average molecular weight is 433 g/mol. The smallest absolute Gasteiger partial charge is 0.235 e. The van der Waals surface area contributed by atoms with E-state index in [0.29, 0.717) is 0 Å². The van der Waals surface area contributed by atoms with E-state index < -0.39 is 0 Å². The number of pyridine rings is 1. The minimum Gasteiger partial charge on any atom is -0.357 e. The fraction of sp³-hybridized carbons (Fsp3) is 0.500. The van der Waals surface area contributed by atoms with Gasteiger partial charge in [0.15, 0.2) is 0 Å². The van der Waals surface area contributed by atoms with Gasteiger partial charge < -0.3 is 10.6 Å². The number of benzene rings is 1. The van der Waals surface area contributed by atoms with Gasteiger partial charge in [0, 0.05) is 48.0 Å². The quantitative estimate of drug-likeness (QED) is 0.363. The van der Waals surface area contributed by atoms with Gasteiger partial charge >= 0.3 is 0 Å². The number of anilines is 1. The van der Waals surface area contributed by atoms with Crippen LogP contribution >= 0.6 is 11.6 Å². The summed E-state index contributed by atoms with van der Waals surface area (Å²) in [5, 5.41) is 22.6. The Morgan fingerprint density at radius 3 is 2.77 bits per heavy atom. The van der Waals surface area contributed by atoms with E-state index in [4.69, 9.17) is 11.6 Å². The third kappa shape index (κ3) is 5.00. The lowest BCUT2D eigenvalue weighted by Crippen LogP contribution is -2.76. The van der Waals surface area contributed by atoms with Crippen molar-refractivity contribution < 1.29 is 4.79 Å². The number of hydrogen-bond donors (Lipinski definition) is 6. The molecule has 2 aliphatic rings. The number of amides is 1. The molecule has 9 nitrogen and oxygen atoms in total. The van der Waals surface area contributed by atoms with Crippen molar-refractivity contribution in [3.63, 3.8) is 0 Å². The van der Waals surface area contributed by atoms with Crippen LogP contribution in [-0.4, -0.2) is 66.7 Å². The van der Waals surface area contributed by atoms with E-state index >= 15 is 0 Å². The lowest BCUT2D eigenvalue weighted by molar-refractivity contribution is -0.119. The number of nitrogens with one attached hydrogen (secondary N) is 6. The number of nitrogens with zero attached hydrogens (tertiary/aromatic N) is 2. The van der Waals surface area contributed by atoms with E-state index in [2.05, 4.69) is 53.9 Å². The summed E-state index contributed by atoms with van der Waals surface area (Å²) in [5.41, 5.74) is 1.04. The molecule has 0 saturated carbocycles. The number of halogens is 1. The maximum atomic E-state index is 11.5. The van der Waals surface area contributed by atoms with Crippen LogP contribution in [0, 0.1) is 0 Å². The van der Waals surface area contributed by atoms with Gasteiger partial charge in [0.05, 0.1) is 0 Å². The van der Waals surface area contributed by atoms with Gasteiger partial charge in [0.25, 0.3) is 0 Å². The van der Waals surface area contributed by atoms with E-state index in [1.165, 1.54) is 0 Å². The molecule has 0 radical (unpaired) electrons. The molecule has 6 N–H and O–H groups in total. The second-order valence-corrected chi connectivity index (χ2v) is 7.88. The van der Waals surface area contributed by atoms with E-state index in [1.807, 2.05) is 31.6 Å². The van der Waals surface area contributed by atoms with E-state index in [1.54, 1.807) is 0 Å². The summed E-state index contributed by atoms with van der Waals surface area (Å²) in [6.45, 7) is 1.75. The minimum atomic E-state index is -0.138. The summed E-state index contributed by atoms with van der Waals surface area (Å²) in [6, 6.07) is 8.37. The topological polar surface area (TPSA) is 105 Å². The Kier molecular flexibility index (Phi) is 6.98. The molecule has 1 amide bonds. The predicted molar refractivity (Wildman–Crippen MR) is 119 cm³/mol. The number of hydrogen-bond acceptors (Lipinski definition) is 8. The molecule has 0 spiro atoms. The highest BCUT2D eigenvalue weighted by Gasteiger charge is 2.32. The van der Waals surface area contributed by atoms with Crippen molar-refractivity contribution in [1.82, 2.24) is 36.5 Å². The van der Waals surface area contributed by atoms with Gasteiger partial charge in [-0.2, -0.15) is 0 Å². The fourth-order valence-electron chi connectivity index (χ4n) is 4.06. The molecule has 2 saturated heterocycles. The van der Waals surface area contributed by atoms with Crippen molar-refractivity contribution in [3.05, 3.63) is 36.7 Å².